The summed E-state index contributed by atoms with van der Waals surface area (Å²) in [6.45, 7) is 5.65. The van der Waals surface area contributed by atoms with Gasteiger partial charge in [0.05, 0.1) is 5.56 Å². The van der Waals surface area contributed by atoms with Crippen molar-refractivity contribution in [2.24, 2.45) is 16.9 Å². The number of nitrogens with two attached hydrogens (primary N) is 1. The molecule has 1 aromatic carbocycles. The van der Waals surface area contributed by atoms with Crippen molar-refractivity contribution in [2.75, 3.05) is 17.7 Å². The number of aryl methyl sites for hydroxylation is 1. The lowest BCUT2D eigenvalue weighted by Gasteiger charge is -2.24. The van der Waals surface area contributed by atoms with Crippen molar-refractivity contribution in [2.45, 2.75) is 46.1 Å². The van der Waals surface area contributed by atoms with E-state index in [9.17, 15) is 14.0 Å². The Bertz CT molecular complexity index is 1050. The number of carbonyl (C=O) groups is 2. The monoisotopic (exact) mass is 440 g/mol. The molecule has 1 saturated carbocycles. The number of aromatic nitrogens is 1. The second-order valence-corrected chi connectivity index (χ2v) is 8.28. The van der Waals surface area contributed by atoms with Gasteiger partial charge in [-0.1, -0.05) is 12.5 Å². The van der Waals surface area contributed by atoms with E-state index in [4.69, 9.17) is 5.84 Å². The fraction of sp³-hybridized carbons (Fsp3) is 0.391. The highest BCUT2D eigenvalue weighted by Gasteiger charge is 2.26. The van der Waals surface area contributed by atoms with Gasteiger partial charge in [-0.05, 0) is 63.4 Å². The van der Waals surface area contributed by atoms with Crippen LogP contribution in [0.3, 0.4) is 0 Å². The quantitative estimate of drug-likeness (QED) is 0.275. The van der Waals surface area contributed by atoms with E-state index in [1.54, 1.807) is 25.1 Å². The Labute approximate surface area is 187 Å². The second kappa shape index (κ2) is 9.76. The Balaban J connectivity index is 1.81. The lowest BCUT2D eigenvalue weighted by Crippen LogP contribution is -2.35. The van der Waals surface area contributed by atoms with Gasteiger partial charge in [0.1, 0.15) is 17.3 Å². The normalized spacial score (nSPS) is 14.1. The van der Waals surface area contributed by atoms with Crippen LogP contribution >= 0.6 is 0 Å². The third-order valence-corrected chi connectivity index (χ3v) is 5.74. The summed E-state index contributed by atoms with van der Waals surface area (Å²) in [7, 11) is 1.84. The molecule has 1 fully saturated rings. The largest absolute Gasteiger partial charge is 0.354 e. The number of pyridine rings is 1. The van der Waals surface area contributed by atoms with E-state index in [2.05, 4.69) is 20.7 Å². The van der Waals surface area contributed by atoms with Gasteiger partial charge in [0.2, 0.25) is 5.91 Å². The summed E-state index contributed by atoms with van der Waals surface area (Å²) < 4.78 is 14.6. The van der Waals surface area contributed by atoms with Gasteiger partial charge in [0.25, 0.3) is 5.91 Å². The van der Waals surface area contributed by atoms with Crippen LogP contribution in [0.15, 0.2) is 35.4 Å². The summed E-state index contributed by atoms with van der Waals surface area (Å²) in [5.41, 5.74) is 1.26. The van der Waals surface area contributed by atoms with Crippen molar-refractivity contribution in [1.82, 2.24) is 9.88 Å². The predicted octanol–water partition coefficient (Wildman–Crippen LogP) is 3.48. The Hall–Kier alpha value is -3.49. The van der Waals surface area contributed by atoms with E-state index in [0.29, 0.717) is 22.8 Å². The molecule has 8 nitrogen and oxygen atoms in total. The summed E-state index contributed by atoms with van der Waals surface area (Å²) in [4.78, 5) is 31.4. The zero-order valence-electron chi connectivity index (χ0n) is 18.8. The molecule has 0 unspecified atom stereocenters. The summed E-state index contributed by atoms with van der Waals surface area (Å²) in [6.07, 6.45) is 2.73. The molecule has 0 spiro atoms. The number of hydrogen-bond acceptors (Lipinski definition) is 5. The van der Waals surface area contributed by atoms with E-state index < -0.39 is 11.7 Å². The smallest absolute Gasteiger partial charge is 0.259 e. The summed E-state index contributed by atoms with van der Waals surface area (Å²) in [5, 5.41) is 9.25. The number of anilines is 2. The molecule has 4 N–H and O–H groups in total. The Morgan fingerprint density at radius 1 is 1.25 bits per heavy atom. The molecule has 2 aromatic rings. The van der Waals surface area contributed by atoms with E-state index >= 15 is 0 Å². The van der Waals surface area contributed by atoms with Crippen LogP contribution in [0.1, 0.15) is 54.7 Å². The third-order valence-electron chi connectivity index (χ3n) is 5.74. The van der Waals surface area contributed by atoms with Crippen LogP contribution in [0.4, 0.5) is 15.9 Å². The molecular formula is C23H29FN6O2. The molecule has 0 atom stereocenters. The maximum Gasteiger partial charge on any atom is 0.259 e. The lowest BCUT2D eigenvalue weighted by atomic mass is 9.84. The van der Waals surface area contributed by atoms with E-state index in [-0.39, 0.29) is 29.2 Å². The molecule has 9 heteroatoms. The van der Waals surface area contributed by atoms with E-state index in [0.717, 1.165) is 19.3 Å². The molecule has 3 rings (SSSR count). The topological polar surface area (TPSA) is 113 Å². The highest BCUT2D eigenvalue weighted by Crippen LogP contribution is 2.29. The minimum atomic E-state index is -0.679. The van der Waals surface area contributed by atoms with E-state index in [1.807, 2.05) is 25.8 Å². The zero-order valence-corrected chi connectivity index (χ0v) is 18.8. The first-order valence-corrected chi connectivity index (χ1v) is 10.6. The SMILES string of the molecule is Cc1cc(F)c(C(=O)Nc2cccc(/C(=N/N)N(C)C(C)C)n2)cc1NC(=O)C1CCC1. The summed E-state index contributed by atoms with van der Waals surface area (Å²) >= 11 is 0. The minimum absolute atomic E-state index is 0.0222. The van der Waals surface area contributed by atoms with Crippen LogP contribution in [-0.4, -0.2) is 40.6 Å². The summed E-state index contributed by atoms with van der Waals surface area (Å²) in [5.74, 6) is 4.76. The van der Waals surface area contributed by atoms with E-state index in [1.165, 1.54) is 12.1 Å². The summed E-state index contributed by atoms with van der Waals surface area (Å²) in [6, 6.07) is 7.75. The number of rotatable bonds is 6. The molecule has 1 heterocycles. The molecular weight excluding hydrogens is 411 g/mol. The molecule has 0 saturated heterocycles. The Kier molecular flexibility index (Phi) is 7.07. The van der Waals surface area contributed by atoms with Crippen molar-refractivity contribution < 1.29 is 14.0 Å². The average Bonchev–Trinajstić information content (AvgIpc) is 2.69. The van der Waals surface area contributed by atoms with Gasteiger partial charge in [-0.3, -0.25) is 9.59 Å². The number of amides is 2. The fourth-order valence-corrected chi connectivity index (χ4v) is 3.28. The van der Waals surface area contributed by atoms with Crippen LogP contribution in [-0.2, 0) is 4.79 Å². The predicted molar refractivity (Wildman–Crippen MR) is 123 cm³/mol. The van der Waals surface area contributed by atoms with Crippen LogP contribution in [0.2, 0.25) is 0 Å². The maximum atomic E-state index is 14.6. The van der Waals surface area contributed by atoms with Crippen LogP contribution in [0.25, 0.3) is 0 Å². The molecule has 32 heavy (non-hydrogen) atoms. The first-order valence-electron chi connectivity index (χ1n) is 10.6. The number of carbonyl (C=O) groups excluding carboxylic acids is 2. The van der Waals surface area contributed by atoms with Gasteiger partial charge < -0.3 is 21.4 Å². The zero-order chi connectivity index (χ0) is 23.4. The Morgan fingerprint density at radius 3 is 2.56 bits per heavy atom. The third kappa shape index (κ3) is 5.04. The first-order chi connectivity index (χ1) is 15.2. The Morgan fingerprint density at radius 2 is 1.97 bits per heavy atom. The van der Waals surface area contributed by atoms with Gasteiger partial charge in [0.15, 0.2) is 5.84 Å². The van der Waals surface area contributed by atoms with Crippen LogP contribution in [0, 0.1) is 18.7 Å². The molecule has 170 valence electrons. The van der Waals surface area contributed by atoms with Gasteiger partial charge in [-0.15, -0.1) is 0 Å². The van der Waals surface area contributed by atoms with Gasteiger partial charge >= 0.3 is 0 Å². The number of benzene rings is 1. The molecule has 0 radical (unpaired) electrons. The highest BCUT2D eigenvalue weighted by atomic mass is 19.1. The lowest BCUT2D eigenvalue weighted by molar-refractivity contribution is -0.122. The standard InChI is InChI=1S/C23H29FN6O2/c1-13(2)30(4)21(29-25)18-9-6-10-20(26-18)28-23(32)16-12-19(14(3)11-17(16)24)27-22(31)15-7-5-8-15/h6,9-13,15H,5,7-8,25H2,1-4H3,(H,27,31)(H,26,28,32)/b29-21-. The van der Waals surface area contributed by atoms with Crippen molar-refractivity contribution in [1.29, 1.82) is 0 Å². The number of amidine groups is 1. The van der Waals surface area contributed by atoms with Crippen molar-refractivity contribution in [3.63, 3.8) is 0 Å². The molecule has 2 amide bonds. The second-order valence-electron chi connectivity index (χ2n) is 8.28. The highest BCUT2D eigenvalue weighted by molar-refractivity contribution is 6.06. The number of nitrogens with zero attached hydrogens (tertiary/aromatic N) is 3. The number of hydrogen-bond donors (Lipinski definition) is 3. The molecule has 1 aliphatic rings. The van der Waals surface area contributed by atoms with Gasteiger partial charge in [-0.2, -0.15) is 5.10 Å². The number of halogens is 1. The van der Waals surface area contributed by atoms with Gasteiger partial charge in [-0.25, -0.2) is 9.37 Å². The first kappa shape index (κ1) is 23.2. The fourth-order valence-electron chi connectivity index (χ4n) is 3.28. The van der Waals surface area contributed by atoms with Crippen molar-refractivity contribution in [3.8, 4) is 0 Å². The number of nitrogens with one attached hydrogen (secondary N) is 2. The average molecular weight is 441 g/mol. The minimum Gasteiger partial charge on any atom is -0.354 e. The molecule has 0 bridgehead atoms. The van der Waals surface area contributed by atoms with Crippen LogP contribution in [0.5, 0.6) is 0 Å². The molecule has 0 aliphatic heterocycles. The molecule has 1 aliphatic carbocycles. The van der Waals surface area contributed by atoms with Crippen molar-refractivity contribution >= 4 is 29.2 Å². The maximum absolute atomic E-state index is 14.6. The number of hydrazone groups is 1. The van der Waals surface area contributed by atoms with Crippen molar-refractivity contribution in [3.05, 3.63) is 53.0 Å². The molecule has 1 aromatic heterocycles. The van der Waals surface area contributed by atoms with Crippen LogP contribution < -0.4 is 16.5 Å². The van der Waals surface area contributed by atoms with Gasteiger partial charge in [0, 0.05) is 24.7 Å².